The van der Waals surface area contributed by atoms with Gasteiger partial charge in [0.15, 0.2) is 0 Å². The van der Waals surface area contributed by atoms with E-state index >= 15 is 0 Å². The van der Waals surface area contributed by atoms with Crippen LogP contribution in [0.2, 0.25) is 0 Å². The van der Waals surface area contributed by atoms with Crippen molar-refractivity contribution in [2.24, 2.45) is 0 Å². The number of hydrogen-bond donors (Lipinski definition) is 0. The topological polar surface area (TPSA) is 78.9 Å². The minimum atomic E-state index is -4.36. The smallest absolute Gasteiger partial charge is 0.416 e. The summed E-state index contributed by atoms with van der Waals surface area (Å²) in [6, 6.07) is 12.4. The molecule has 0 unspecified atom stereocenters. The summed E-state index contributed by atoms with van der Waals surface area (Å²) >= 11 is 1.56. The number of alkyl halides is 3. The molecule has 36 heavy (non-hydrogen) atoms. The molecule has 7 nitrogen and oxygen atoms in total. The SMILES string of the molecule is FC(F)(F)c1ccc(C=Cc2nc(COc3ccc(-c4nc(Cn5ccnn5)cs4)cc3)co2)cc1. The predicted octanol–water partition coefficient (Wildman–Crippen LogP) is 6.21. The molecule has 0 radical (unpaired) electrons. The lowest BCUT2D eigenvalue weighted by molar-refractivity contribution is -0.137. The van der Waals surface area contributed by atoms with E-state index in [0.29, 0.717) is 29.4 Å². The third-order valence-corrected chi connectivity index (χ3v) is 6.00. The quantitative estimate of drug-likeness (QED) is 0.248. The van der Waals surface area contributed by atoms with E-state index in [9.17, 15) is 13.2 Å². The normalized spacial score (nSPS) is 11.9. The summed E-state index contributed by atoms with van der Waals surface area (Å²) in [4.78, 5) is 8.96. The van der Waals surface area contributed by atoms with Crippen LogP contribution >= 0.6 is 11.3 Å². The van der Waals surface area contributed by atoms with Crippen molar-refractivity contribution in [1.82, 2.24) is 25.0 Å². The van der Waals surface area contributed by atoms with E-state index in [0.717, 1.165) is 28.4 Å². The van der Waals surface area contributed by atoms with E-state index in [1.807, 2.05) is 29.6 Å². The summed E-state index contributed by atoms with van der Waals surface area (Å²) < 4.78 is 50.9. The lowest BCUT2D eigenvalue weighted by Gasteiger charge is -2.05. The highest BCUT2D eigenvalue weighted by Gasteiger charge is 2.29. The van der Waals surface area contributed by atoms with Crippen molar-refractivity contribution < 1.29 is 22.3 Å². The van der Waals surface area contributed by atoms with Crippen LogP contribution in [0, 0.1) is 0 Å². The first-order valence-electron chi connectivity index (χ1n) is 10.7. The Balaban J connectivity index is 1.14. The van der Waals surface area contributed by atoms with Crippen molar-refractivity contribution in [3.8, 4) is 16.3 Å². The van der Waals surface area contributed by atoms with Crippen LogP contribution in [0.15, 0.2) is 77.0 Å². The van der Waals surface area contributed by atoms with Crippen LogP contribution < -0.4 is 4.74 Å². The van der Waals surface area contributed by atoms with Gasteiger partial charge in [0.2, 0.25) is 5.89 Å². The number of hydrogen-bond acceptors (Lipinski definition) is 7. The summed E-state index contributed by atoms with van der Waals surface area (Å²) in [7, 11) is 0. The maximum atomic E-state index is 12.7. The molecule has 182 valence electrons. The third-order valence-electron chi connectivity index (χ3n) is 5.06. The summed E-state index contributed by atoms with van der Waals surface area (Å²) in [6.45, 7) is 0.771. The van der Waals surface area contributed by atoms with Crippen LogP contribution in [-0.4, -0.2) is 25.0 Å². The largest absolute Gasteiger partial charge is 0.487 e. The number of aromatic nitrogens is 5. The molecule has 0 saturated carbocycles. The van der Waals surface area contributed by atoms with E-state index in [4.69, 9.17) is 9.15 Å². The van der Waals surface area contributed by atoms with Crippen molar-refractivity contribution in [2.45, 2.75) is 19.3 Å². The Morgan fingerprint density at radius 3 is 2.50 bits per heavy atom. The third kappa shape index (κ3) is 5.87. The molecule has 3 aromatic heterocycles. The van der Waals surface area contributed by atoms with Gasteiger partial charge in [-0.15, -0.1) is 16.4 Å². The highest BCUT2D eigenvalue weighted by atomic mass is 32.1. The second-order valence-electron chi connectivity index (χ2n) is 7.69. The Hall–Kier alpha value is -4.25. The fourth-order valence-corrected chi connectivity index (χ4v) is 4.08. The van der Waals surface area contributed by atoms with Gasteiger partial charge in [-0.05, 0) is 48.0 Å². The Morgan fingerprint density at radius 1 is 0.972 bits per heavy atom. The highest BCUT2D eigenvalue weighted by molar-refractivity contribution is 7.13. The Labute approximate surface area is 207 Å². The van der Waals surface area contributed by atoms with E-state index < -0.39 is 11.7 Å². The Morgan fingerprint density at radius 2 is 1.78 bits per heavy atom. The molecule has 11 heteroatoms. The Bertz CT molecular complexity index is 1440. The van der Waals surface area contributed by atoms with Gasteiger partial charge in [-0.1, -0.05) is 17.3 Å². The predicted molar refractivity (Wildman–Crippen MR) is 128 cm³/mol. The van der Waals surface area contributed by atoms with Crippen LogP contribution in [0.25, 0.3) is 22.7 Å². The minimum Gasteiger partial charge on any atom is -0.487 e. The average Bonchev–Trinajstić information content (AvgIpc) is 3.65. The first kappa shape index (κ1) is 23.5. The van der Waals surface area contributed by atoms with Gasteiger partial charge >= 0.3 is 6.18 Å². The number of thiazole rings is 1. The molecule has 0 bridgehead atoms. The second kappa shape index (κ2) is 10.2. The van der Waals surface area contributed by atoms with Crippen LogP contribution in [0.3, 0.4) is 0 Å². The monoisotopic (exact) mass is 509 g/mol. The van der Waals surface area contributed by atoms with Gasteiger partial charge in [-0.25, -0.2) is 14.6 Å². The maximum Gasteiger partial charge on any atom is 0.416 e. The van der Waals surface area contributed by atoms with Gasteiger partial charge in [-0.2, -0.15) is 13.2 Å². The molecule has 0 amide bonds. The molecule has 3 heterocycles. The first-order chi connectivity index (χ1) is 17.4. The molecule has 0 N–H and O–H groups in total. The highest BCUT2D eigenvalue weighted by Crippen LogP contribution is 2.29. The zero-order valence-electron chi connectivity index (χ0n) is 18.6. The zero-order valence-corrected chi connectivity index (χ0v) is 19.4. The summed E-state index contributed by atoms with van der Waals surface area (Å²) in [5, 5.41) is 10.6. The Kier molecular flexibility index (Phi) is 6.63. The van der Waals surface area contributed by atoms with Gasteiger partial charge in [0.1, 0.15) is 29.3 Å². The molecule has 2 aromatic carbocycles. The van der Waals surface area contributed by atoms with Crippen molar-refractivity contribution in [3.63, 3.8) is 0 Å². The van der Waals surface area contributed by atoms with Crippen molar-refractivity contribution in [3.05, 3.63) is 101 Å². The van der Waals surface area contributed by atoms with Crippen molar-refractivity contribution >= 4 is 23.5 Å². The van der Waals surface area contributed by atoms with E-state index in [1.54, 1.807) is 40.6 Å². The fraction of sp³-hybridized carbons (Fsp3) is 0.120. The molecule has 0 aliphatic carbocycles. The van der Waals surface area contributed by atoms with Crippen molar-refractivity contribution in [1.29, 1.82) is 0 Å². The summed E-state index contributed by atoms with van der Waals surface area (Å²) in [5.74, 6) is 0.998. The number of nitrogens with zero attached hydrogens (tertiary/aromatic N) is 5. The van der Waals surface area contributed by atoms with Gasteiger partial charge in [0, 0.05) is 23.2 Å². The van der Waals surface area contributed by atoms with Gasteiger partial charge in [0.25, 0.3) is 0 Å². The summed E-state index contributed by atoms with van der Waals surface area (Å²) in [6.07, 6.45) is 3.76. The molecule has 5 rings (SSSR count). The van der Waals surface area contributed by atoms with Crippen molar-refractivity contribution in [2.75, 3.05) is 0 Å². The number of rotatable bonds is 8. The number of halogens is 3. The van der Waals surface area contributed by atoms with E-state index in [1.165, 1.54) is 18.4 Å². The van der Waals surface area contributed by atoms with Gasteiger partial charge in [-0.3, -0.25) is 0 Å². The molecular formula is C25H18F3N5O2S. The molecule has 0 saturated heterocycles. The molecule has 0 aliphatic rings. The number of benzene rings is 2. The van der Waals surface area contributed by atoms with E-state index in [-0.39, 0.29) is 6.61 Å². The van der Waals surface area contributed by atoms with Crippen LogP contribution in [0.5, 0.6) is 5.75 Å². The van der Waals surface area contributed by atoms with E-state index in [2.05, 4.69) is 20.3 Å². The minimum absolute atomic E-state index is 0.205. The molecule has 0 fully saturated rings. The lowest BCUT2D eigenvalue weighted by atomic mass is 10.1. The lowest BCUT2D eigenvalue weighted by Crippen LogP contribution is -2.03. The van der Waals surface area contributed by atoms with Crippen LogP contribution in [0.4, 0.5) is 13.2 Å². The first-order valence-corrected chi connectivity index (χ1v) is 11.6. The molecule has 0 aliphatic heterocycles. The van der Waals surface area contributed by atoms with Crippen LogP contribution in [-0.2, 0) is 19.3 Å². The molecular weight excluding hydrogens is 491 g/mol. The molecule has 5 aromatic rings. The molecule has 0 atom stereocenters. The molecule has 0 spiro atoms. The zero-order chi connectivity index (χ0) is 25.0. The number of ether oxygens (including phenoxy) is 1. The van der Waals surface area contributed by atoms with Crippen LogP contribution in [0.1, 0.15) is 28.4 Å². The van der Waals surface area contributed by atoms with Gasteiger partial charge < -0.3 is 9.15 Å². The number of oxazole rings is 1. The van der Waals surface area contributed by atoms with Gasteiger partial charge in [0.05, 0.1) is 24.0 Å². The fourth-order valence-electron chi connectivity index (χ4n) is 3.26. The standard InChI is InChI=1S/C25H18F3N5O2S/c26-25(27,28)19-6-1-17(2-7-19)3-10-23-30-21(15-35-23)14-34-22-8-4-18(5-9-22)24-31-20(16-36-24)13-33-12-11-29-32-33/h1-12,15-16H,13-14H2. The second-order valence-corrected chi connectivity index (χ2v) is 8.55. The average molecular weight is 510 g/mol. The maximum absolute atomic E-state index is 12.7. The summed E-state index contributed by atoms with van der Waals surface area (Å²) in [5.41, 5.74) is 2.39.